The molecule has 1 N–H and O–H groups in total. The summed E-state index contributed by atoms with van der Waals surface area (Å²) in [5.41, 5.74) is 4.25. The summed E-state index contributed by atoms with van der Waals surface area (Å²) in [7, 11) is 0. The van der Waals surface area contributed by atoms with Gasteiger partial charge >= 0.3 is 0 Å². The lowest BCUT2D eigenvalue weighted by Crippen LogP contribution is -2.43. The Hall–Kier alpha value is -2.31. The summed E-state index contributed by atoms with van der Waals surface area (Å²) >= 11 is 0. The molecular weight excluding hydrogens is 258 g/mol. The Balaban J connectivity index is 1.92. The maximum absolute atomic E-state index is 9.62. The zero-order valence-electron chi connectivity index (χ0n) is 12.0. The molecule has 0 radical (unpaired) electrons. The highest BCUT2D eigenvalue weighted by Gasteiger charge is 2.16. The van der Waals surface area contributed by atoms with Crippen molar-refractivity contribution < 1.29 is 0 Å². The van der Waals surface area contributed by atoms with Crippen LogP contribution in [0.25, 0.3) is 0 Å². The van der Waals surface area contributed by atoms with E-state index in [2.05, 4.69) is 46.6 Å². The lowest BCUT2D eigenvalue weighted by Gasteiger charge is -2.30. The van der Waals surface area contributed by atoms with Gasteiger partial charge in [-0.1, -0.05) is 42.5 Å². The van der Waals surface area contributed by atoms with Crippen LogP contribution in [-0.2, 0) is 6.42 Å². The van der Waals surface area contributed by atoms with Crippen molar-refractivity contribution in [2.45, 2.75) is 6.42 Å². The zero-order chi connectivity index (χ0) is 14.5. The van der Waals surface area contributed by atoms with Crippen LogP contribution in [0.3, 0.4) is 0 Å². The Morgan fingerprint density at radius 3 is 2.48 bits per heavy atom. The van der Waals surface area contributed by atoms with Gasteiger partial charge in [0.25, 0.3) is 0 Å². The fourth-order valence-electron chi connectivity index (χ4n) is 2.85. The molecule has 106 valence electrons. The van der Waals surface area contributed by atoms with Crippen molar-refractivity contribution in [1.82, 2.24) is 5.32 Å². The van der Waals surface area contributed by atoms with Gasteiger partial charge in [-0.15, -0.1) is 0 Å². The molecule has 0 unspecified atom stereocenters. The van der Waals surface area contributed by atoms with E-state index in [1.807, 2.05) is 18.2 Å². The van der Waals surface area contributed by atoms with Crippen LogP contribution in [-0.4, -0.2) is 26.2 Å². The monoisotopic (exact) mass is 277 g/mol. The van der Waals surface area contributed by atoms with Crippen LogP contribution in [0.2, 0.25) is 0 Å². The summed E-state index contributed by atoms with van der Waals surface area (Å²) in [5, 5.41) is 13.0. The average Bonchev–Trinajstić information content (AvgIpc) is 2.56. The first-order valence-electron chi connectivity index (χ1n) is 7.40. The predicted molar refractivity (Wildman–Crippen MR) is 85.5 cm³/mol. The smallest absolute Gasteiger partial charge is 0.102 e. The van der Waals surface area contributed by atoms with Gasteiger partial charge < -0.3 is 10.2 Å². The Kier molecular flexibility index (Phi) is 4.18. The molecule has 3 rings (SSSR count). The molecule has 3 heteroatoms. The van der Waals surface area contributed by atoms with E-state index in [1.54, 1.807) is 0 Å². The SMILES string of the molecule is N#Cc1c(Cc2ccccc2)cccc1N1CCNCC1. The van der Waals surface area contributed by atoms with Crippen molar-refractivity contribution in [2.75, 3.05) is 31.1 Å². The van der Waals surface area contributed by atoms with Gasteiger partial charge in [0, 0.05) is 26.2 Å². The third kappa shape index (κ3) is 3.07. The highest BCUT2D eigenvalue weighted by Crippen LogP contribution is 2.25. The minimum atomic E-state index is 0.809. The van der Waals surface area contributed by atoms with Crippen molar-refractivity contribution in [1.29, 1.82) is 5.26 Å². The first-order valence-corrected chi connectivity index (χ1v) is 7.40. The largest absolute Gasteiger partial charge is 0.368 e. The van der Waals surface area contributed by atoms with Gasteiger partial charge in [0.15, 0.2) is 0 Å². The second kappa shape index (κ2) is 6.43. The molecule has 21 heavy (non-hydrogen) atoms. The van der Waals surface area contributed by atoms with Gasteiger partial charge in [0.2, 0.25) is 0 Å². The second-order valence-corrected chi connectivity index (χ2v) is 5.32. The summed E-state index contributed by atoms with van der Waals surface area (Å²) in [6, 6.07) is 18.9. The summed E-state index contributed by atoms with van der Waals surface area (Å²) in [4.78, 5) is 2.31. The fourth-order valence-corrected chi connectivity index (χ4v) is 2.85. The van der Waals surface area contributed by atoms with Crippen molar-refractivity contribution in [3.63, 3.8) is 0 Å². The number of nitriles is 1. The lowest BCUT2D eigenvalue weighted by molar-refractivity contribution is 0.589. The summed E-state index contributed by atoms with van der Waals surface area (Å²) in [6.07, 6.45) is 0.809. The Morgan fingerprint density at radius 1 is 1.00 bits per heavy atom. The molecule has 1 aliphatic rings. The van der Waals surface area contributed by atoms with E-state index in [-0.39, 0.29) is 0 Å². The molecule has 0 amide bonds. The molecule has 2 aromatic carbocycles. The number of benzene rings is 2. The average molecular weight is 277 g/mol. The van der Waals surface area contributed by atoms with Gasteiger partial charge in [-0.05, 0) is 23.6 Å². The van der Waals surface area contributed by atoms with Crippen LogP contribution in [0.4, 0.5) is 5.69 Å². The molecule has 1 saturated heterocycles. The van der Waals surface area contributed by atoms with Gasteiger partial charge in [-0.2, -0.15) is 5.26 Å². The molecule has 3 nitrogen and oxygen atoms in total. The minimum absolute atomic E-state index is 0.809. The number of nitrogens with one attached hydrogen (secondary N) is 1. The fraction of sp³-hybridized carbons (Fsp3) is 0.278. The van der Waals surface area contributed by atoms with Gasteiger partial charge in [0.1, 0.15) is 6.07 Å². The van der Waals surface area contributed by atoms with E-state index in [9.17, 15) is 5.26 Å². The molecule has 0 atom stereocenters. The van der Waals surface area contributed by atoms with Gasteiger partial charge in [-0.3, -0.25) is 0 Å². The summed E-state index contributed by atoms with van der Waals surface area (Å²) in [5.74, 6) is 0. The van der Waals surface area contributed by atoms with Gasteiger partial charge in [0.05, 0.1) is 11.3 Å². The Morgan fingerprint density at radius 2 is 1.76 bits per heavy atom. The molecule has 2 aromatic rings. The number of nitrogens with zero attached hydrogens (tertiary/aromatic N) is 2. The number of anilines is 1. The standard InChI is InChI=1S/C18H19N3/c19-14-17-16(13-15-5-2-1-3-6-15)7-4-8-18(17)21-11-9-20-10-12-21/h1-8,20H,9-13H2. The van der Waals surface area contributed by atoms with Crippen LogP contribution in [0, 0.1) is 11.3 Å². The van der Waals surface area contributed by atoms with Crippen LogP contribution >= 0.6 is 0 Å². The van der Waals surface area contributed by atoms with E-state index in [1.165, 1.54) is 5.56 Å². The quantitative estimate of drug-likeness (QED) is 0.937. The Labute approximate surface area is 125 Å². The van der Waals surface area contributed by atoms with Crippen molar-refractivity contribution in [3.05, 3.63) is 65.2 Å². The minimum Gasteiger partial charge on any atom is -0.368 e. The van der Waals surface area contributed by atoms with Crippen LogP contribution in [0.5, 0.6) is 0 Å². The molecule has 0 aliphatic carbocycles. The van der Waals surface area contributed by atoms with E-state index in [0.29, 0.717) is 0 Å². The maximum Gasteiger partial charge on any atom is 0.102 e. The first-order chi connectivity index (χ1) is 10.4. The maximum atomic E-state index is 9.62. The van der Waals surface area contributed by atoms with E-state index in [4.69, 9.17) is 0 Å². The van der Waals surface area contributed by atoms with Crippen molar-refractivity contribution in [3.8, 4) is 6.07 Å². The summed E-state index contributed by atoms with van der Waals surface area (Å²) < 4.78 is 0. The molecule has 0 spiro atoms. The normalized spacial score (nSPS) is 14.7. The molecule has 1 heterocycles. The topological polar surface area (TPSA) is 39.1 Å². The third-order valence-corrected chi connectivity index (χ3v) is 3.94. The molecule has 0 bridgehead atoms. The van der Waals surface area contributed by atoms with Crippen LogP contribution in [0.15, 0.2) is 48.5 Å². The molecule has 0 saturated carbocycles. The second-order valence-electron chi connectivity index (χ2n) is 5.32. The molecule has 1 fully saturated rings. The van der Waals surface area contributed by atoms with Crippen molar-refractivity contribution >= 4 is 5.69 Å². The number of rotatable bonds is 3. The number of hydrogen-bond donors (Lipinski definition) is 1. The summed E-state index contributed by atoms with van der Waals surface area (Å²) in [6.45, 7) is 3.88. The van der Waals surface area contributed by atoms with Crippen molar-refractivity contribution in [2.24, 2.45) is 0 Å². The highest BCUT2D eigenvalue weighted by molar-refractivity contribution is 5.63. The van der Waals surface area contributed by atoms with Gasteiger partial charge in [-0.25, -0.2) is 0 Å². The van der Waals surface area contributed by atoms with Crippen LogP contribution in [0.1, 0.15) is 16.7 Å². The first kappa shape index (κ1) is 13.7. The van der Waals surface area contributed by atoms with Crippen LogP contribution < -0.4 is 10.2 Å². The highest BCUT2D eigenvalue weighted by atomic mass is 15.2. The molecule has 0 aromatic heterocycles. The number of piperazine rings is 1. The van der Waals surface area contributed by atoms with E-state index in [0.717, 1.165) is 49.4 Å². The third-order valence-electron chi connectivity index (χ3n) is 3.94. The Bertz CT molecular complexity index is 637. The number of hydrogen-bond acceptors (Lipinski definition) is 3. The van der Waals surface area contributed by atoms with E-state index < -0.39 is 0 Å². The zero-order valence-corrected chi connectivity index (χ0v) is 12.0. The predicted octanol–water partition coefficient (Wildman–Crippen LogP) is 2.56. The van der Waals surface area contributed by atoms with E-state index >= 15 is 0 Å². The lowest BCUT2D eigenvalue weighted by atomic mass is 9.98. The molecule has 1 aliphatic heterocycles. The molecular formula is C18H19N3.